The van der Waals surface area contributed by atoms with Gasteiger partial charge in [0, 0.05) is 5.41 Å². The van der Waals surface area contributed by atoms with Crippen LogP contribution in [0.15, 0.2) is 10.2 Å². The SMILES string of the molecule is C1CC12CN=NC21CC1. The summed E-state index contributed by atoms with van der Waals surface area (Å²) in [5, 5.41) is 8.46. The molecule has 2 saturated carbocycles. The minimum atomic E-state index is 0.410. The van der Waals surface area contributed by atoms with Gasteiger partial charge in [-0.3, -0.25) is 0 Å². The molecule has 0 amide bonds. The number of hydrogen-bond acceptors (Lipinski definition) is 2. The third kappa shape index (κ3) is 0.337. The minimum absolute atomic E-state index is 0.410. The molecule has 3 rings (SSSR count). The van der Waals surface area contributed by atoms with Gasteiger partial charge in [-0.1, -0.05) is 0 Å². The van der Waals surface area contributed by atoms with Crippen molar-refractivity contribution in [2.75, 3.05) is 6.54 Å². The maximum atomic E-state index is 4.32. The molecule has 0 N–H and O–H groups in total. The molecule has 2 nitrogen and oxygen atoms in total. The summed E-state index contributed by atoms with van der Waals surface area (Å²) < 4.78 is 0. The number of fused-ring (bicyclic) bond motifs is 1. The van der Waals surface area contributed by atoms with Crippen molar-refractivity contribution in [2.24, 2.45) is 15.6 Å². The normalized spacial score (nSPS) is 38.2. The van der Waals surface area contributed by atoms with Gasteiger partial charge in [-0.15, -0.1) is 0 Å². The van der Waals surface area contributed by atoms with Crippen molar-refractivity contribution >= 4 is 0 Å². The molecule has 2 fully saturated rings. The van der Waals surface area contributed by atoms with Crippen LogP contribution in [-0.4, -0.2) is 12.1 Å². The van der Waals surface area contributed by atoms with Crippen LogP contribution in [0, 0.1) is 5.41 Å². The van der Waals surface area contributed by atoms with Gasteiger partial charge in [-0.25, -0.2) is 0 Å². The molecule has 0 unspecified atom stereocenters. The van der Waals surface area contributed by atoms with Crippen LogP contribution in [0.3, 0.4) is 0 Å². The van der Waals surface area contributed by atoms with Crippen molar-refractivity contribution < 1.29 is 0 Å². The molecule has 0 radical (unpaired) electrons. The maximum absolute atomic E-state index is 4.32. The van der Waals surface area contributed by atoms with Crippen LogP contribution in [-0.2, 0) is 0 Å². The van der Waals surface area contributed by atoms with Gasteiger partial charge in [-0.05, 0) is 25.7 Å². The first kappa shape index (κ1) is 4.42. The Hall–Kier alpha value is -0.400. The molecule has 0 atom stereocenters. The van der Waals surface area contributed by atoms with Gasteiger partial charge in [0.05, 0.1) is 12.1 Å². The number of rotatable bonds is 0. The molecule has 3 aliphatic rings. The summed E-state index contributed by atoms with van der Waals surface area (Å²) in [5.41, 5.74) is 1.03. The van der Waals surface area contributed by atoms with Crippen molar-refractivity contribution in [1.29, 1.82) is 0 Å². The third-order valence-corrected chi connectivity index (χ3v) is 3.20. The number of azo groups is 1. The summed E-state index contributed by atoms with van der Waals surface area (Å²) in [7, 11) is 0. The lowest BCUT2D eigenvalue weighted by Gasteiger charge is -2.10. The van der Waals surface area contributed by atoms with Gasteiger partial charge in [0.1, 0.15) is 0 Å². The second-order valence-corrected chi connectivity index (χ2v) is 3.71. The second kappa shape index (κ2) is 0.957. The standard InChI is InChI=1S/C7H10N2/c1-2-6(1)5-8-9-7(6)3-4-7/h1-5H2. The lowest BCUT2D eigenvalue weighted by Crippen LogP contribution is -2.18. The van der Waals surface area contributed by atoms with E-state index in [-0.39, 0.29) is 0 Å². The van der Waals surface area contributed by atoms with Crippen LogP contribution >= 0.6 is 0 Å². The van der Waals surface area contributed by atoms with Crippen molar-refractivity contribution in [3.63, 3.8) is 0 Å². The highest BCUT2D eigenvalue weighted by molar-refractivity contribution is 5.23. The van der Waals surface area contributed by atoms with E-state index in [1.54, 1.807) is 0 Å². The van der Waals surface area contributed by atoms with Crippen LogP contribution in [0.5, 0.6) is 0 Å². The predicted molar refractivity (Wildman–Crippen MR) is 33.4 cm³/mol. The molecule has 0 aromatic rings. The first-order chi connectivity index (χ1) is 4.37. The first-order valence-corrected chi connectivity index (χ1v) is 3.76. The van der Waals surface area contributed by atoms with Gasteiger partial charge in [0.2, 0.25) is 0 Å². The van der Waals surface area contributed by atoms with Gasteiger partial charge >= 0.3 is 0 Å². The van der Waals surface area contributed by atoms with E-state index in [1.165, 1.54) is 25.7 Å². The summed E-state index contributed by atoms with van der Waals surface area (Å²) in [5.74, 6) is 0. The van der Waals surface area contributed by atoms with E-state index < -0.39 is 0 Å². The maximum Gasteiger partial charge on any atom is 0.0891 e. The molecule has 2 aliphatic carbocycles. The molecule has 2 heteroatoms. The summed E-state index contributed by atoms with van der Waals surface area (Å²) in [6.07, 6.45) is 5.47. The summed E-state index contributed by atoms with van der Waals surface area (Å²) >= 11 is 0. The van der Waals surface area contributed by atoms with Gasteiger partial charge in [-0.2, -0.15) is 10.2 Å². The Kier molecular flexibility index (Phi) is 0.470. The molecule has 2 spiro atoms. The van der Waals surface area contributed by atoms with Crippen molar-refractivity contribution in [1.82, 2.24) is 0 Å². The second-order valence-electron chi connectivity index (χ2n) is 3.71. The summed E-state index contributed by atoms with van der Waals surface area (Å²) in [4.78, 5) is 0. The zero-order chi connectivity index (χ0) is 5.95. The van der Waals surface area contributed by atoms with Crippen molar-refractivity contribution in [3.8, 4) is 0 Å². The van der Waals surface area contributed by atoms with Crippen LogP contribution < -0.4 is 0 Å². The zero-order valence-corrected chi connectivity index (χ0v) is 5.43. The van der Waals surface area contributed by atoms with Gasteiger partial charge in [0.15, 0.2) is 0 Å². The average molecular weight is 122 g/mol. The van der Waals surface area contributed by atoms with E-state index in [1.807, 2.05) is 0 Å². The molecule has 1 heterocycles. The Balaban J connectivity index is 2.07. The minimum Gasteiger partial charge on any atom is -0.193 e. The third-order valence-electron chi connectivity index (χ3n) is 3.20. The molecule has 48 valence electrons. The fraction of sp³-hybridized carbons (Fsp3) is 1.00. The van der Waals surface area contributed by atoms with E-state index >= 15 is 0 Å². The molecule has 0 aromatic heterocycles. The van der Waals surface area contributed by atoms with Crippen LogP contribution in [0.25, 0.3) is 0 Å². The predicted octanol–water partition coefficient (Wildman–Crippen LogP) is 1.77. The Labute approximate surface area is 54.4 Å². The molecule has 0 aromatic carbocycles. The molecule has 0 bridgehead atoms. The van der Waals surface area contributed by atoms with Crippen LogP contribution in [0.1, 0.15) is 25.7 Å². The number of nitrogens with zero attached hydrogens (tertiary/aromatic N) is 2. The first-order valence-electron chi connectivity index (χ1n) is 3.76. The van der Waals surface area contributed by atoms with Gasteiger partial charge < -0.3 is 0 Å². The van der Waals surface area contributed by atoms with E-state index in [0.29, 0.717) is 11.0 Å². The fourth-order valence-electron chi connectivity index (χ4n) is 2.08. The van der Waals surface area contributed by atoms with Crippen LogP contribution in [0.4, 0.5) is 0 Å². The van der Waals surface area contributed by atoms with E-state index in [2.05, 4.69) is 10.2 Å². The van der Waals surface area contributed by atoms with Crippen LogP contribution in [0.2, 0.25) is 0 Å². The largest absolute Gasteiger partial charge is 0.193 e. The molecule has 0 saturated heterocycles. The lowest BCUT2D eigenvalue weighted by atomic mass is 9.96. The number of hydrogen-bond donors (Lipinski definition) is 0. The molecular formula is C7H10N2. The van der Waals surface area contributed by atoms with E-state index in [4.69, 9.17) is 0 Å². The zero-order valence-electron chi connectivity index (χ0n) is 5.43. The molecule has 9 heavy (non-hydrogen) atoms. The van der Waals surface area contributed by atoms with Crippen molar-refractivity contribution in [3.05, 3.63) is 0 Å². The molecular weight excluding hydrogens is 112 g/mol. The summed E-state index contributed by atoms with van der Waals surface area (Å²) in [6.45, 7) is 1.05. The van der Waals surface area contributed by atoms with Crippen molar-refractivity contribution in [2.45, 2.75) is 31.2 Å². The monoisotopic (exact) mass is 122 g/mol. The smallest absolute Gasteiger partial charge is 0.0891 e. The summed E-state index contributed by atoms with van der Waals surface area (Å²) in [6, 6.07) is 0. The van der Waals surface area contributed by atoms with Gasteiger partial charge in [0.25, 0.3) is 0 Å². The Morgan fingerprint density at radius 1 is 1.00 bits per heavy atom. The molecule has 1 aliphatic heterocycles. The Bertz CT molecular complexity index is 187. The van der Waals surface area contributed by atoms with E-state index in [0.717, 1.165) is 6.54 Å². The lowest BCUT2D eigenvalue weighted by molar-refractivity contribution is 0.447. The fourth-order valence-corrected chi connectivity index (χ4v) is 2.08. The highest BCUT2D eigenvalue weighted by atomic mass is 15.3. The highest BCUT2D eigenvalue weighted by Gasteiger charge is 2.68. The Morgan fingerprint density at radius 3 is 2.22 bits per heavy atom. The highest BCUT2D eigenvalue weighted by Crippen LogP contribution is 2.68. The quantitative estimate of drug-likeness (QED) is 0.467. The topological polar surface area (TPSA) is 24.7 Å². The van der Waals surface area contributed by atoms with E-state index in [9.17, 15) is 0 Å². The average Bonchev–Trinajstić information content (AvgIpc) is 2.51. The Morgan fingerprint density at radius 2 is 1.78 bits per heavy atom.